The average molecular weight is 345 g/mol. The molecule has 1 saturated heterocycles. The Kier molecular flexibility index (Phi) is 5.57. The molecular formula is C14H21BrN2OS. The van der Waals surface area contributed by atoms with Gasteiger partial charge >= 0.3 is 0 Å². The Morgan fingerprint density at radius 2 is 2.37 bits per heavy atom. The van der Waals surface area contributed by atoms with Gasteiger partial charge in [-0.1, -0.05) is 15.9 Å². The van der Waals surface area contributed by atoms with Crippen LogP contribution in [0.25, 0.3) is 0 Å². The van der Waals surface area contributed by atoms with Crippen LogP contribution >= 0.6 is 27.7 Å². The predicted octanol–water partition coefficient (Wildman–Crippen LogP) is 2.37. The Hall–Kier alpha value is -0.230. The fraction of sp³-hybridized carbons (Fsp3) is 0.571. The first-order valence-corrected chi connectivity index (χ1v) is 8.42. The van der Waals surface area contributed by atoms with Crippen molar-refractivity contribution >= 4 is 27.7 Å². The second-order valence-electron chi connectivity index (χ2n) is 4.95. The number of methoxy groups -OCH3 is 1. The predicted molar refractivity (Wildman–Crippen MR) is 86.1 cm³/mol. The van der Waals surface area contributed by atoms with Crippen molar-refractivity contribution in [1.82, 2.24) is 4.90 Å². The van der Waals surface area contributed by atoms with Crippen LogP contribution in [0.2, 0.25) is 0 Å². The molecule has 2 N–H and O–H groups in total. The summed E-state index contributed by atoms with van der Waals surface area (Å²) in [6, 6.07) is 6.68. The number of rotatable bonds is 4. The molecule has 2 atom stereocenters. The van der Waals surface area contributed by atoms with E-state index in [1.807, 2.05) is 23.9 Å². The number of benzene rings is 1. The highest BCUT2D eigenvalue weighted by molar-refractivity contribution is 9.10. The molecule has 0 bridgehead atoms. The van der Waals surface area contributed by atoms with Crippen LogP contribution < -0.4 is 10.5 Å². The molecule has 0 aliphatic carbocycles. The summed E-state index contributed by atoms with van der Waals surface area (Å²) in [6.45, 7) is 1.12. The molecule has 1 aliphatic rings. The minimum absolute atomic E-state index is 0.140. The number of likely N-dealkylation sites (N-methyl/N-ethyl adjacent to an activating group) is 1. The Morgan fingerprint density at radius 3 is 3.05 bits per heavy atom. The summed E-state index contributed by atoms with van der Waals surface area (Å²) in [5.41, 5.74) is 7.59. The van der Waals surface area contributed by atoms with Crippen molar-refractivity contribution in [2.75, 3.05) is 32.2 Å². The molecule has 106 valence electrons. The van der Waals surface area contributed by atoms with E-state index in [0.717, 1.165) is 28.9 Å². The van der Waals surface area contributed by atoms with E-state index in [-0.39, 0.29) is 6.04 Å². The maximum Gasteiger partial charge on any atom is 0.122 e. The maximum absolute atomic E-state index is 6.42. The number of halogens is 1. The molecule has 0 saturated carbocycles. The van der Waals surface area contributed by atoms with Gasteiger partial charge in [0.1, 0.15) is 5.75 Å². The lowest BCUT2D eigenvalue weighted by atomic mass is 9.99. The average Bonchev–Trinajstić information content (AvgIpc) is 2.39. The van der Waals surface area contributed by atoms with Gasteiger partial charge in [0.15, 0.2) is 0 Å². The number of hydrogen-bond donors (Lipinski definition) is 1. The maximum atomic E-state index is 6.42. The molecule has 0 amide bonds. The third-order valence-electron chi connectivity index (χ3n) is 3.64. The van der Waals surface area contributed by atoms with E-state index in [1.165, 1.54) is 11.3 Å². The lowest BCUT2D eigenvalue weighted by Gasteiger charge is -2.36. The Balaban J connectivity index is 2.09. The second-order valence-corrected chi connectivity index (χ2v) is 7.01. The monoisotopic (exact) mass is 344 g/mol. The van der Waals surface area contributed by atoms with Crippen LogP contribution in [0.3, 0.4) is 0 Å². The Bertz CT molecular complexity index is 430. The first-order chi connectivity index (χ1) is 9.11. The van der Waals surface area contributed by atoms with Crippen molar-refractivity contribution in [1.29, 1.82) is 0 Å². The number of nitrogens with two attached hydrogens (primary N) is 1. The van der Waals surface area contributed by atoms with Crippen molar-refractivity contribution in [3.05, 3.63) is 28.2 Å². The Labute approximate surface area is 128 Å². The van der Waals surface area contributed by atoms with E-state index in [2.05, 4.69) is 33.9 Å². The molecule has 0 spiro atoms. The molecule has 2 rings (SSSR count). The standard InChI is InChI=1S/C14H21BrN2OS/c1-17-5-6-19-9-13(17)12(16)8-10-7-11(15)3-4-14(10)18-2/h3-4,7,12-13H,5-6,8-9,16H2,1-2H3. The summed E-state index contributed by atoms with van der Waals surface area (Å²) in [4.78, 5) is 2.38. The largest absolute Gasteiger partial charge is 0.496 e. The summed E-state index contributed by atoms with van der Waals surface area (Å²) in [5.74, 6) is 3.25. The zero-order valence-corrected chi connectivity index (χ0v) is 13.8. The van der Waals surface area contributed by atoms with E-state index in [0.29, 0.717) is 6.04 Å². The minimum Gasteiger partial charge on any atom is -0.496 e. The lowest BCUT2D eigenvalue weighted by Crippen LogP contribution is -2.51. The first kappa shape index (κ1) is 15.2. The molecular weight excluding hydrogens is 324 g/mol. The molecule has 1 heterocycles. The van der Waals surface area contributed by atoms with Crippen LogP contribution in [-0.4, -0.2) is 49.2 Å². The van der Waals surface area contributed by atoms with Gasteiger partial charge in [0.25, 0.3) is 0 Å². The molecule has 2 unspecified atom stereocenters. The number of nitrogens with zero attached hydrogens (tertiary/aromatic N) is 1. The summed E-state index contributed by atoms with van der Waals surface area (Å²) < 4.78 is 6.49. The van der Waals surface area contributed by atoms with Gasteiger partial charge in [-0.3, -0.25) is 0 Å². The van der Waals surface area contributed by atoms with E-state index in [1.54, 1.807) is 7.11 Å². The summed E-state index contributed by atoms with van der Waals surface area (Å²) in [6.07, 6.45) is 0.845. The van der Waals surface area contributed by atoms with E-state index in [9.17, 15) is 0 Å². The zero-order valence-electron chi connectivity index (χ0n) is 11.4. The summed E-state index contributed by atoms with van der Waals surface area (Å²) >= 11 is 5.51. The summed E-state index contributed by atoms with van der Waals surface area (Å²) in [5, 5.41) is 0. The van der Waals surface area contributed by atoms with E-state index in [4.69, 9.17) is 10.5 Å². The van der Waals surface area contributed by atoms with Gasteiger partial charge in [-0.25, -0.2) is 0 Å². The molecule has 1 fully saturated rings. The highest BCUT2D eigenvalue weighted by Gasteiger charge is 2.26. The van der Waals surface area contributed by atoms with Crippen molar-refractivity contribution in [3.63, 3.8) is 0 Å². The van der Waals surface area contributed by atoms with Crippen LogP contribution in [-0.2, 0) is 6.42 Å². The quantitative estimate of drug-likeness (QED) is 0.909. The fourth-order valence-electron chi connectivity index (χ4n) is 2.45. The number of hydrogen-bond acceptors (Lipinski definition) is 4. The molecule has 0 aromatic heterocycles. The zero-order chi connectivity index (χ0) is 13.8. The number of ether oxygens (including phenoxy) is 1. The van der Waals surface area contributed by atoms with Crippen molar-refractivity contribution in [2.45, 2.75) is 18.5 Å². The van der Waals surface area contributed by atoms with Crippen LogP contribution in [0.1, 0.15) is 5.56 Å². The van der Waals surface area contributed by atoms with Gasteiger partial charge in [-0.2, -0.15) is 11.8 Å². The highest BCUT2D eigenvalue weighted by Crippen LogP contribution is 2.26. The van der Waals surface area contributed by atoms with Gasteiger partial charge in [-0.05, 0) is 37.2 Å². The van der Waals surface area contributed by atoms with E-state index >= 15 is 0 Å². The SMILES string of the molecule is COc1ccc(Br)cc1CC(N)C1CSCCN1C. The molecule has 0 radical (unpaired) electrons. The van der Waals surface area contributed by atoms with Gasteiger partial charge < -0.3 is 15.4 Å². The molecule has 5 heteroatoms. The van der Waals surface area contributed by atoms with Crippen LogP contribution in [0.4, 0.5) is 0 Å². The topological polar surface area (TPSA) is 38.5 Å². The van der Waals surface area contributed by atoms with E-state index < -0.39 is 0 Å². The molecule has 1 aromatic carbocycles. The van der Waals surface area contributed by atoms with Crippen molar-refractivity contribution in [3.8, 4) is 5.75 Å². The van der Waals surface area contributed by atoms with Gasteiger partial charge in [0, 0.05) is 34.6 Å². The summed E-state index contributed by atoms with van der Waals surface area (Å²) in [7, 11) is 3.88. The second kappa shape index (κ2) is 6.97. The molecule has 3 nitrogen and oxygen atoms in total. The highest BCUT2D eigenvalue weighted by atomic mass is 79.9. The van der Waals surface area contributed by atoms with Crippen LogP contribution in [0.5, 0.6) is 5.75 Å². The van der Waals surface area contributed by atoms with Crippen molar-refractivity contribution in [2.24, 2.45) is 5.73 Å². The van der Waals surface area contributed by atoms with Gasteiger partial charge in [-0.15, -0.1) is 0 Å². The van der Waals surface area contributed by atoms with Crippen molar-refractivity contribution < 1.29 is 4.74 Å². The molecule has 19 heavy (non-hydrogen) atoms. The normalized spacial score (nSPS) is 22.2. The lowest BCUT2D eigenvalue weighted by molar-refractivity contribution is 0.234. The van der Waals surface area contributed by atoms with Crippen LogP contribution in [0, 0.1) is 0 Å². The molecule has 1 aliphatic heterocycles. The van der Waals surface area contributed by atoms with Gasteiger partial charge in [0.05, 0.1) is 7.11 Å². The third kappa shape index (κ3) is 3.88. The minimum atomic E-state index is 0.140. The smallest absolute Gasteiger partial charge is 0.122 e. The Morgan fingerprint density at radius 1 is 1.58 bits per heavy atom. The van der Waals surface area contributed by atoms with Crippen LogP contribution in [0.15, 0.2) is 22.7 Å². The third-order valence-corrected chi connectivity index (χ3v) is 5.18. The van der Waals surface area contributed by atoms with Gasteiger partial charge in [0.2, 0.25) is 0 Å². The fourth-order valence-corrected chi connectivity index (χ4v) is 4.19. The number of thioether (sulfide) groups is 1. The molecule has 1 aromatic rings. The first-order valence-electron chi connectivity index (χ1n) is 6.48.